The van der Waals surface area contributed by atoms with Crippen LogP contribution in [0.5, 0.6) is 0 Å². The molecule has 2 saturated heterocycles. The van der Waals surface area contributed by atoms with E-state index < -0.39 is 0 Å². The number of hydrogen-bond acceptors (Lipinski definition) is 3. The summed E-state index contributed by atoms with van der Waals surface area (Å²) in [7, 11) is 0. The lowest BCUT2D eigenvalue weighted by molar-refractivity contribution is 0.0831. The van der Waals surface area contributed by atoms with Crippen LogP contribution in [-0.4, -0.2) is 48.1 Å². The lowest BCUT2D eigenvalue weighted by atomic mass is 9.98. The first kappa shape index (κ1) is 14.1. The number of nitrogens with two attached hydrogens (primary N) is 1. The van der Waals surface area contributed by atoms with Gasteiger partial charge in [0, 0.05) is 25.2 Å². The van der Waals surface area contributed by atoms with Crippen molar-refractivity contribution < 1.29 is 0 Å². The van der Waals surface area contributed by atoms with Crippen molar-refractivity contribution in [1.82, 2.24) is 9.80 Å². The number of rotatable bonds is 3. The Morgan fingerprint density at radius 3 is 2.45 bits per heavy atom. The van der Waals surface area contributed by atoms with Gasteiger partial charge in [-0.15, -0.1) is 0 Å². The summed E-state index contributed by atoms with van der Waals surface area (Å²) in [5.74, 6) is 0. The fourth-order valence-electron chi connectivity index (χ4n) is 3.66. The van der Waals surface area contributed by atoms with Gasteiger partial charge in [0.25, 0.3) is 0 Å². The summed E-state index contributed by atoms with van der Waals surface area (Å²) >= 11 is 0. The maximum absolute atomic E-state index is 6.11. The minimum Gasteiger partial charge on any atom is -0.327 e. The van der Waals surface area contributed by atoms with E-state index in [0.29, 0.717) is 6.04 Å². The second-order valence-electron chi connectivity index (χ2n) is 6.39. The molecule has 0 amide bonds. The Balaban J connectivity index is 1.47. The van der Waals surface area contributed by atoms with Crippen LogP contribution in [0.2, 0.25) is 0 Å². The fourth-order valence-corrected chi connectivity index (χ4v) is 3.66. The first-order chi connectivity index (χ1) is 9.81. The highest BCUT2D eigenvalue weighted by atomic mass is 15.2. The number of nitrogens with zero attached hydrogens (tertiary/aromatic N) is 2. The van der Waals surface area contributed by atoms with Gasteiger partial charge in [-0.2, -0.15) is 0 Å². The third-order valence-electron chi connectivity index (χ3n) is 4.81. The van der Waals surface area contributed by atoms with Gasteiger partial charge in [-0.3, -0.25) is 9.80 Å². The summed E-state index contributed by atoms with van der Waals surface area (Å²) in [6, 6.07) is 12.0. The molecule has 2 N–H and O–H groups in total. The van der Waals surface area contributed by atoms with Crippen LogP contribution in [0.15, 0.2) is 30.3 Å². The Bertz CT molecular complexity index is 398. The SMILES string of the molecule is NC1CCCN(C2CCN(Cc3ccccc3)CC2)C1. The predicted octanol–water partition coefficient (Wildman–Crippen LogP) is 2.07. The smallest absolute Gasteiger partial charge is 0.0233 e. The van der Waals surface area contributed by atoms with E-state index in [1.807, 2.05) is 0 Å². The van der Waals surface area contributed by atoms with Crippen molar-refractivity contribution in [2.24, 2.45) is 5.73 Å². The molecule has 20 heavy (non-hydrogen) atoms. The molecule has 0 spiro atoms. The number of hydrogen-bond donors (Lipinski definition) is 1. The summed E-state index contributed by atoms with van der Waals surface area (Å²) in [6.07, 6.45) is 5.11. The van der Waals surface area contributed by atoms with Crippen LogP contribution < -0.4 is 5.73 Å². The van der Waals surface area contributed by atoms with Crippen LogP contribution in [0, 0.1) is 0 Å². The molecule has 1 aromatic rings. The third kappa shape index (κ3) is 3.60. The van der Waals surface area contributed by atoms with Crippen molar-refractivity contribution >= 4 is 0 Å². The number of likely N-dealkylation sites (tertiary alicyclic amines) is 2. The second kappa shape index (κ2) is 6.70. The third-order valence-corrected chi connectivity index (χ3v) is 4.81. The van der Waals surface area contributed by atoms with Crippen LogP contribution in [-0.2, 0) is 6.54 Å². The van der Waals surface area contributed by atoms with Gasteiger partial charge >= 0.3 is 0 Å². The van der Waals surface area contributed by atoms with Crippen molar-refractivity contribution in [2.75, 3.05) is 26.2 Å². The number of benzene rings is 1. The molecule has 2 aliphatic rings. The molecule has 0 bridgehead atoms. The van der Waals surface area contributed by atoms with E-state index in [1.54, 1.807) is 0 Å². The van der Waals surface area contributed by atoms with Gasteiger partial charge in [-0.25, -0.2) is 0 Å². The van der Waals surface area contributed by atoms with Crippen LogP contribution in [0.25, 0.3) is 0 Å². The first-order valence-electron chi connectivity index (χ1n) is 8.07. The lowest BCUT2D eigenvalue weighted by Crippen LogP contribution is -2.51. The molecule has 110 valence electrons. The summed E-state index contributed by atoms with van der Waals surface area (Å²) < 4.78 is 0. The van der Waals surface area contributed by atoms with Crippen molar-refractivity contribution in [3.05, 3.63) is 35.9 Å². The Kier molecular flexibility index (Phi) is 4.71. The minimum absolute atomic E-state index is 0.408. The maximum atomic E-state index is 6.11. The molecule has 3 rings (SSSR count). The zero-order chi connectivity index (χ0) is 13.8. The molecule has 1 atom stereocenters. The molecular formula is C17H27N3. The van der Waals surface area contributed by atoms with Gasteiger partial charge < -0.3 is 5.73 Å². The average Bonchev–Trinajstić information content (AvgIpc) is 2.49. The lowest BCUT2D eigenvalue weighted by Gasteiger charge is -2.41. The molecule has 0 aromatic heterocycles. The van der Waals surface area contributed by atoms with Crippen molar-refractivity contribution in [3.63, 3.8) is 0 Å². The highest BCUT2D eigenvalue weighted by molar-refractivity contribution is 5.14. The van der Waals surface area contributed by atoms with Gasteiger partial charge in [0.05, 0.1) is 0 Å². The molecule has 2 aliphatic heterocycles. The maximum Gasteiger partial charge on any atom is 0.0233 e. The van der Waals surface area contributed by atoms with Gasteiger partial charge in [-0.05, 0) is 50.9 Å². The molecule has 0 radical (unpaired) electrons. The van der Waals surface area contributed by atoms with Crippen LogP contribution in [0.3, 0.4) is 0 Å². The largest absolute Gasteiger partial charge is 0.327 e. The molecule has 2 fully saturated rings. The molecule has 2 heterocycles. The molecule has 1 unspecified atom stereocenters. The minimum atomic E-state index is 0.408. The highest BCUT2D eigenvalue weighted by Gasteiger charge is 2.27. The van der Waals surface area contributed by atoms with E-state index in [0.717, 1.165) is 19.1 Å². The molecule has 1 aromatic carbocycles. The highest BCUT2D eigenvalue weighted by Crippen LogP contribution is 2.21. The Morgan fingerprint density at radius 2 is 1.75 bits per heavy atom. The van der Waals surface area contributed by atoms with Gasteiger partial charge in [0.2, 0.25) is 0 Å². The second-order valence-corrected chi connectivity index (χ2v) is 6.39. The summed E-state index contributed by atoms with van der Waals surface area (Å²) in [5, 5.41) is 0. The van der Waals surface area contributed by atoms with E-state index >= 15 is 0 Å². The molecule has 3 heteroatoms. The summed E-state index contributed by atoms with van der Waals surface area (Å²) in [6.45, 7) is 5.93. The molecular weight excluding hydrogens is 246 g/mol. The van der Waals surface area contributed by atoms with Crippen LogP contribution in [0.4, 0.5) is 0 Å². The topological polar surface area (TPSA) is 32.5 Å². The first-order valence-corrected chi connectivity index (χ1v) is 8.07. The summed E-state index contributed by atoms with van der Waals surface area (Å²) in [4.78, 5) is 5.24. The Labute approximate surface area is 122 Å². The molecule has 0 saturated carbocycles. The van der Waals surface area contributed by atoms with E-state index in [4.69, 9.17) is 5.73 Å². The zero-order valence-corrected chi connectivity index (χ0v) is 12.4. The molecule has 0 aliphatic carbocycles. The Hall–Kier alpha value is -0.900. The van der Waals surface area contributed by atoms with Crippen LogP contribution in [0.1, 0.15) is 31.2 Å². The fraction of sp³-hybridized carbons (Fsp3) is 0.647. The number of piperidine rings is 2. The predicted molar refractivity (Wildman–Crippen MR) is 83.5 cm³/mol. The van der Waals surface area contributed by atoms with E-state index in [2.05, 4.69) is 40.1 Å². The van der Waals surface area contributed by atoms with Gasteiger partial charge in [0.15, 0.2) is 0 Å². The standard InChI is InChI=1S/C17H27N3/c18-16-7-4-10-20(14-16)17-8-11-19(12-9-17)13-15-5-2-1-3-6-15/h1-3,5-6,16-17H,4,7-14,18H2. The average molecular weight is 273 g/mol. The quantitative estimate of drug-likeness (QED) is 0.915. The van der Waals surface area contributed by atoms with Crippen molar-refractivity contribution in [1.29, 1.82) is 0 Å². The Morgan fingerprint density at radius 1 is 1.00 bits per heavy atom. The van der Waals surface area contributed by atoms with Crippen molar-refractivity contribution in [2.45, 2.75) is 44.3 Å². The van der Waals surface area contributed by atoms with Crippen molar-refractivity contribution in [3.8, 4) is 0 Å². The molecule has 3 nitrogen and oxygen atoms in total. The van der Waals surface area contributed by atoms with Gasteiger partial charge in [-0.1, -0.05) is 30.3 Å². The van der Waals surface area contributed by atoms with E-state index in [-0.39, 0.29) is 0 Å². The van der Waals surface area contributed by atoms with Gasteiger partial charge in [0.1, 0.15) is 0 Å². The zero-order valence-electron chi connectivity index (χ0n) is 12.4. The van der Waals surface area contributed by atoms with E-state index in [9.17, 15) is 0 Å². The summed E-state index contributed by atoms with van der Waals surface area (Å²) in [5.41, 5.74) is 7.55. The van der Waals surface area contributed by atoms with E-state index in [1.165, 1.54) is 50.9 Å². The monoisotopic (exact) mass is 273 g/mol. The van der Waals surface area contributed by atoms with Crippen LogP contribution >= 0.6 is 0 Å². The normalized spacial score (nSPS) is 26.8.